The van der Waals surface area contributed by atoms with Gasteiger partial charge in [-0.05, 0) is 12.8 Å². The fourth-order valence-electron chi connectivity index (χ4n) is 1.61. The van der Waals surface area contributed by atoms with Crippen molar-refractivity contribution < 1.29 is 0 Å². The zero-order valence-corrected chi connectivity index (χ0v) is 8.48. The summed E-state index contributed by atoms with van der Waals surface area (Å²) >= 11 is 5.88. The van der Waals surface area contributed by atoms with E-state index in [1.807, 2.05) is 0 Å². The third-order valence-corrected chi connectivity index (χ3v) is 2.72. The highest BCUT2D eigenvalue weighted by Crippen LogP contribution is 2.35. The second-order valence-electron chi connectivity index (χ2n) is 3.53. The van der Waals surface area contributed by atoms with Crippen molar-refractivity contribution in [2.75, 3.05) is 0 Å². The first kappa shape index (κ1) is 8.79. The maximum atomic E-state index is 11.6. The van der Waals surface area contributed by atoms with Gasteiger partial charge in [0, 0.05) is 6.04 Å². The minimum Gasteiger partial charge on any atom is -0.287 e. The molecule has 0 aliphatic heterocycles. The van der Waals surface area contributed by atoms with E-state index < -0.39 is 0 Å². The Labute approximate surface area is 89.8 Å². The van der Waals surface area contributed by atoms with Gasteiger partial charge in [-0.25, -0.2) is 15.0 Å². The zero-order valence-electron chi connectivity index (χ0n) is 7.72. The Kier molecular flexibility index (Phi) is 1.76. The van der Waals surface area contributed by atoms with Crippen LogP contribution in [-0.4, -0.2) is 19.5 Å². The SMILES string of the molecule is O=c1cnc2c(Cl)ncnc2n1C1CC1. The lowest BCUT2D eigenvalue weighted by molar-refractivity contribution is 0.722. The van der Waals surface area contributed by atoms with Crippen LogP contribution in [-0.2, 0) is 0 Å². The van der Waals surface area contributed by atoms with Crippen molar-refractivity contribution in [2.24, 2.45) is 0 Å². The fourth-order valence-corrected chi connectivity index (χ4v) is 1.78. The number of hydrogen-bond acceptors (Lipinski definition) is 4. The summed E-state index contributed by atoms with van der Waals surface area (Å²) in [6, 6.07) is 0.258. The number of rotatable bonds is 1. The van der Waals surface area contributed by atoms with E-state index in [-0.39, 0.29) is 16.8 Å². The number of hydrogen-bond donors (Lipinski definition) is 0. The monoisotopic (exact) mass is 222 g/mol. The summed E-state index contributed by atoms with van der Waals surface area (Å²) in [6.45, 7) is 0. The van der Waals surface area contributed by atoms with Crippen LogP contribution in [0.1, 0.15) is 18.9 Å². The Morgan fingerprint density at radius 1 is 1.33 bits per heavy atom. The molecule has 0 aromatic carbocycles. The van der Waals surface area contributed by atoms with E-state index in [1.54, 1.807) is 4.57 Å². The van der Waals surface area contributed by atoms with E-state index in [2.05, 4.69) is 15.0 Å². The molecule has 3 rings (SSSR count). The van der Waals surface area contributed by atoms with Crippen molar-refractivity contribution in [3.05, 3.63) is 28.0 Å². The molecule has 76 valence electrons. The molecule has 6 heteroatoms. The van der Waals surface area contributed by atoms with Gasteiger partial charge in [-0.15, -0.1) is 0 Å². The molecule has 15 heavy (non-hydrogen) atoms. The maximum absolute atomic E-state index is 11.6. The van der Waals surface area contributed by atoms with E-state index in [4.69, 9.17) is 11.6 Å². The second-order valence-corrected chi connectivity index (χ2v) is 3.89. The van der Waals surface area contributed by atoms with Crippen molar-refractivity contribution in [3.63, 3.8) is 0 Å². The largest absolute Gasteiger partial charge is 0.287 e. The van der Waals surface area contributed by atoms with Gasteiger partial charge < -0.3 is 0 Å². The molecular formula is C9H7ClN4O. The fraction of sp³-hybridized carbons (Fsp3) is 0.333. The highest BCUT2D eigenvalue weighted by atomic mass is 35.5. The summed E-state index contributed by atoms with van der Waals surface area (Å²) in [7, 11) is 0. The van der Waals surface area contributed by atoms with Gasteiger partial charge >= 0.3 is 0 Å². The minimum atomic E-state index is -0.125. The van der Waals surface area contributed by atoms with E-state index in [9.17, 15) is 4.79 Å². The van der Waals surface area contributed by atoms with Crippen molar-refractivity contribution in [1.82, 2.24) is 19.5 Å². The van der Waals surface area contributed by atoms with Gasteiger partial charge in [0.2, 0.25) is 0 Å². The van der Waals surface area contributed by atoms with Gasteiger partial charge in [0.05, 0.1) is 6.20 Å². The van der Waals surface area contributed by atoms with E-state index in [0.717, 1.165) is 12.8 Å². The van der Waals surface area contributed by atoms with Crippen LogP contribution in [0.4, 0.5) is 0 Å². The number of halogens is 1. The molecule has 1 fully saturated rings. The molecule has 2 heterocycles. The molecule has 0 N–H and O–H groups in total. The number of nitrogens with zero attached hydrogens (tertiary/aromatic N) is 4. The predicted octanol–water partition coefficient (Wildman–Crippen LogP) is 1.17. The molecule has 2 aromatic rings. The number of fused-ring (bicyclic) bond motifs is 1. The third kappa shape index (κ3) is 1.31. The van der Waals surface area contributed by atoms with Crippen LogP contribution in [0.2, 0.25) is 5.15 Å². The summed E-state index contributed by atoms with van der Waals surface area (Å²) < 4.78 is 1.65. The standard InChI is InChI=1S/C9H7ClN4O/c10-8-7-9(13-4-12-8)14(5-1-2-5)6(15)3-11-7/h3-5H,1-2H2. The lowest BCUT2D eigenvalue weighted by Gasteiger charge is -2.06. The Balaban J connectivity index is 2.44. The molecule has 0 radical (unpaired) electrons. The highest BCUT2D eigenvalue weighted by molar-refractivity contribution is 6.33. The van der Waals surface area contributed by atoms with Crippen LogP contribution in [0.5, 0.6) is 0 Å². The average Bonchev–Trinajstić information content (AvgIpc) is 3.01. The highest BCUT2D eigenvalue weighted by Gasteiger charge is 2.27. The Bertz CT molecular complexity index is 590. The lowest BCUT2D eigenvalue weighted by atomic mass is 10.4. The Morgan fingerprint density at radius 2 is 2.13 bits per heavy atom. The zero-order chi connectivity index (χ0) is 10.4. The van der Waals surface area contributed by atoms with E-state index >= 15 is 0 Å². The van der Waals surface area contributed by atoms with E-state index in [1.165, 1.54) is 12.5 Å². The molecule has 1 aliphatic rings. The predicted molar refractivity (Wildman–Crippen MR) is 54.9 cm³/mol. The van der Waals surface area contributed by atoms with Gasteiger partial charge in [-0.1, -0.05) is 11.6 Å². The normalized spacial score (nSPS) is 15.8. The summed E-state index contributed by atoms with van der Waals surface area (Å²) in [6.07, 6.45) is 4.65. The first-order valence-electron chi connectivity index (χ1n) is 4.65. The molecule has 5 nitrogen and oxygen atoms in total. The first-order valence-corrected chi connectivity index (χ1v) is 5.03. The lowest BCUT2D eigenvalue weighted by Crippen LogP contribution is -2.20. The first-order chi connectivity index (χ1) is 7.27. The average molecular weight is 223 g/mol. The molecule has 0 bridgehead atoms. The summed E-state index contributed by atoms with van der Waals surface area (Å²) in [5, 5.41) is 0.286. The molecule has 2 aromatic heterocycles. The van der Waals surface area contributed by atoms with Gasteiger partial charge in [0.25, 0.3) is 5.56 Å². The van der Waals surface area contributed by atoms with Crippen molar-refractivity contribution in [2.45, 2.75) is 18.9 Å². The quantitative estimate of drug-likeness (QED) is 0.680. The summed E-state index contributed by atoms with van der Waals surface area (Å²) in [4.78, 5) is 23.5. The van der Waals surface area contributed by atoms with Crippen LogP contribution < -0.4 is 5.56 Å². The summed E-state index contributed by atoms with van der Waals surface area (Å²) in [5.41, 5.74) is 0.899. The molecular weight excluding hydrogens is 216 g/mol. The third-order valence-electron chi connectivity index (χ3n) is 2.44. The van der Waals surface area contributed by atoms with Crippen molar-refractivity contribution in [3.8, 4) is 0 Å². The molecule has 0 amide bonds. The van der Waals surface area contributed by atoms with Crippen LogP contribution in [0, 0.1) is 0 Å². The number of aromatic nitrogens is 4. The van der Waals surface area contributed by atoms with Gasteiger partial charge in [0.1, 0.15) is 11.8 Å². The second kappa shape index (κ2) is 3.00. The smallest absolute Gasteiger partial charge is 0.270 e. The van der Waals surface area contributed by atoms with Crippen LogP contribution in [0.3, 0.4) is 0 Å². The Hall–Kier alpha value is -1.49. The van der Waals surface area contributed by atoms with Crippen molar-refractivity contribution in [1.29, 1.82) is 0 Å². The van der Waals surface area contributed by atoms with Gasteiger partial charge in [-0.2, -0.15) is 0 Å². The molecule has 0 spiro atoms. The minimum absolute atomic E-state index is 0.125. The maximum Gasteiger partial charge on any atom is 0.270 e. The molecule has 0 atom stereocenters. The van der Waals surface area contributed by atoms with Crippen molar-refractivity contribution >= 4 is 22.8 Å². The van der Waals surface area contributed by atoms with Crippen LogP contribution >= 0.6 is 11.6 Å². The topological polar surface area (TPSA) is 60.7 Å². The molecule has 0 saturated heterocycles. The van der Waals surface area contributed by atoms with Gasteiger partial charge in [0.15, 0.2) is 10.8 Å². The molecule has 1 aliphatic carbocycles. The van der Waals surface area contributed by atoms with Crippen LogP contribution in [0.25, 0.3) is 11.2 Å². The van der Waals surface area contributed by atoms with Gasteiger partial charge in [-0.3, -0.25) is 9.36 Å². The summed E-state index contributed by atoms with van der Waals surface area (Å²) in [5.74, 6) is 0. The molecule has 1 saturated carbocycles. The molecule has 0 unspecified atom stereocenters. The Morgan fingerprint density at radius 3 is 2.87 bits per heavy atom. The van der Waals surface area contributed by atoms with Crippen LogP contribution in [0.15, 0.2) is 17.3 Å². The van der Waals surface area contributed by atoms with E-state index in [0.29, 0.717) is 11.2 Å².